The molecule has 0 spiro atoms. The van der Waals surface area contributed by atoms with Gasteiger partial charge in [-0.15, -0.1) is 0 Å². The first-order chi connectivity index (χ1) is 5.49. The molecule has 4 heteroatoms. The Hall–Kier alpha value is -1.06. The molecule has 0 rings (SSSR count). The maximum Gasteiger partial charge on any atom is 0.241 e. The van der Waals surface area contributed by atoms with Crippen molar-refractivity contribution in [2.24, 2.45) is 0 Å². The lowest BCUT2D eigenvalue weighted by atomic mass is 10.4. The molecule has 0 saturated heterocycles. The summed E-state index contributed by atoms with van der Waals surface area (Å²) in [6.45, 7) is 4.18. The van der Waals surface area contributed by atoms with Crippen molar-refractivity contribution in [1.82, 2.24) is 9.80 Å². The van der Waals surface area contributed by atoms with Gasteiger partial charge in [0.25, 0.3) is 0 Å². The molecule has 0 atom stereocenters. The number of carbonyl (C=O) groups is 2. The van der Waals surface area contributed by atoms with Gasteiger partial charge in [-0.25, -0.2) is 0 Å². The Bertz CT molecular complexity index is 180. The van der Waals surface area contributed by atoms with Crippen molar-refractivity contribution < 1.29 is 9.59 Å². The fourth-order valence-corrected chi connectivity index (χ4v) is 0.611. The van der Waals surface area contributed by atoms with Gasteiger partial charge in [0.05, 0.1) is 6.54 Å². The third kappa shape index (κ3) is 3.37. The van der Waals surface area contributed by atoms with Crippen LogP contribution in [0.15, 0.2) is 0 Å². The maximum absolute atomic E-state index is 11.2. The van der Waals surface area contributed by atoms with Crippen LogP contribution in [0.3, 0.4) is 0 Å². The molecule has 0 radical (unpaired) electrons. The van der Waals surface area contributed by atoms with Crippen LogP contribution in [-0.4, -0.2) is 48.8 Å². The highest BCUT2D eigenvalue weighted by atomic mass is 16.2. The Labute approximate surface area is 73.1 Å². The van der Waals surface area contributed by atoms with Crippen molar-refractivity contribution in [3.63, 3.8) is 0 Å². The Morgan fingerprint density at radius 1 is 1.17 bits per heavy atom. The first-order valence-electron chi connectivity index (χ1n) is 3.94. The summed E-state index contributed by atoms with van der Waals surface area (Å²) in [5.74, 6) is -0.122. The largest absolute Gasteiger partial charge is 0.345 e. The van der Waals surface area contributed by atoms with Gasteiger partial charge in [-0.3, -0.25) is 9.59 Å². The van der Waals surface area contributed by atoms with Gasteiger partial charge in [0.15, 0.2) is 0 Å². The lowest BCUT2D eigenvalue weighted by Crippen LogP contribution is -2.38. The monoisotopic (exact) mass is 172 g/mol. The standard InChI is InChI=1S/C8H16N2O2/c1-5-9(3)8(12)6-10(4)7(2)11/h5-6H2,1-4H3. The minimum absolute atomic E-state index is 0.0322. The quantitative estimate of drug-likeness (QED) is 0.598. The second-order valence-corrected chi connectivity index (χ2v) is 2.78. The van der Waals surface area contributed by atoms with Gasteiger partial charge in [-0.2, -0.15) is 0 Å². The van der Waals surface area contributed by atoms with Gasteiger partial charge >= 0.3 is 0 Å². The summed E-state index contributed by atoms with van der Waals surface area (Å²) in [4.78, 5) is 24.9. The molecule has 12 heavy (non-hydrogen) atoms. The Balaban J connectivity index is 3.92. The summed E-state index contributed by atoms with van der Waals surface area (Å²) >= 11 is 0. The van der Waals surface area contributed by atoms with E-state index in [1.807, 2.05) is 6.92 Å². The normalized spacial score (nSPS) is 9.33. The van der Waals surface area contributed by atoms with Crippen LogP contribution in [0.2, 0.25) is 0 Å². The molecule has 0 N–H and O–H groups in total. The molecule has 0 unspecified atom stereocenters. The first-order valence-corrected chi connectivity index (χ1v) is 3.94. The van der Waals surface area contributed by atoms with Gasteiger partial charge in [0, 0.05) is 27.6 Å². The molecule has 2 amide bonds. The highest BCUT2D eigenvalue weighted by Gasteiger charge is 2.11. The lowest BCUT2D eigenvalue weighted by Gasteiger charge is -2.19. The zero-order valence-corrected chi connectivity index (χ0v) is 8.13. The fraction of sp³-hybridized carbons (Fsp3) is 0.750. The summed E-state index contributed by atoms with van der Waals surface area (Å²) in [5.41, 5.74) is 0. The zero-order valence-electron chi connectivity index (χ0n) is 8.13. The van der Waals surface area contributed by atoms with Crippen molar-refractivity contribution in [2.75, 3.05) is 27.2 Å². The van der Waals surface area contributed by atoms with E-state index >= 15 is 0 Å². The smallest absolute Gasteiger partial charge is 0.241 e. The number of amides is 2. The van der Waals surface area contributed by atoms with Crippen molar-refractivity contribution in [2.45, 2.75) is 13.8 Å². The highest BCUT2D eigenvalue weighted by Crippen LogP contribution is 1.88. The summed E-state index contributed by atoms with van der Waals surface area (Å²) in [7, 11) is 3.33. The second-order valence-electron chi connectivity index (χ2n) is 2.78. The Morgan fingerprint density at radius 2 is 1.67 bits per heavy atom. The van der Waals surface area contributed by atoms with E-state index < -0.39 is 0 Å². The number of nitrogens with zero attached hydrogens (tertiary/aromatic N) is 2. The van der Waals surface area contributed by atoms with Crippen LogP contribution in [0.25, 0.3) is 0 Å². The molecule has 0 aromatic rings. The van der Waals surface area contributed by atoms with Crippen molar-refractivity contribution in [3.8, 4) is 0 Å². The van der Waals surface area contributed by atoms with Crippen LogP contribution in [0, 0.1) is 0 Å². The third-order valence-corrected chi connectivity index (χ3v) is 1.81. The zero-order chi connectivity index (χ0) is 9.72. The molecule has 0 heterocycles. The second kappa shape index (κ2) is 4.74. The van der Waals surface area contributed by atoms with Crippen LogP contribution in [0.1, 0.15) is 13.8 Å². The summed E-state index contributed by atoms with van der Waals surface area (Å²) < 4.78 is 0. The topological polar surface area (TPSA) is 40.6 Å². The number of likely N-dealkylation sites (N-methyl/N-ethyl adjacent to an activating group) is 2. The highest BCUT2D eigenvalue weighted by molar-refractivity contribution is 5.83. The minimum Gasteiger partial charge on any atom is -0.345 e. The average molecular weight is 172 g/mol. The summed E-state index contributed by atoms with van der Waals surface area (Å²) in [6.07, 6.45) is 0. The third-order valence-electron chi connectivity index (χ3n) is 1.81. The summed E-state index contributed by atoms with van der Waals surface area (Å²) in [5, 5.41) is 0. The minimum atomic E-state index is -0.0900. The number of hydrogen-bond donors (Lipinski definition) is 0. The number of rotatable bonds is 3. The predicted octanol–water partition coefficient (Wildman–Crippen LogP) is -0.0570. The molecule has 0 aromatic heterocycles. The van der Waals surface area contributed by atoms with E-state index in [0.29, 0.717) is 6.54 Å². The van der Waals surface area contributed by atoms with Crippen LogP contribution in [0.5, 0.6) is 0 Å². The van der Waals surface area contributed by atoms with Crippen molar-refractivity contribution in [3.05, 3.63) is 0 Å². The van der Waals surface area contributed by atoms with Crippen LogP contribution < -0.4 is 0 Å². The van der Waals surface area contributed by atoms with Crippen LogP contribution in [-0.2, 0) is 9.59 Å². The molecule has 0 fully saturated rings. The van der Waals surface area contributed by atoms with Crippen LogP contribution in [0.4, 0.5) is 0 Å². The first kappa shape index (κ1) is 10.9. The van der Waals surface area contributed by atoms with Gasteiger partial charge in [-0.05, 0) is 6.92 Å². The Kier molecular flexibility index (Phi) is 4.33. The predicted molar refractivity (Wildman–Crippen MR) is 46.6 cm³/mol. The van der Waals surface area contributed by atoms with Gasteiger partial charge in [0.1, 0.15) is 0 Å². The van der Waals surface area contributed by atoms with Crippen molar-refractivity contribution >= 4 is 11.8 Å². The van der Waals surface area contributed by atoms with E-state index in [-0.39, 0.29) is 18.4 Å². The molecular formula is C8H16N2O2. The molecular weight excluding hydrogens is 156 g/mol. The molecule has 0 aliphatic carbocycles. The molecule has 70 valence electrons. The molecule has 0 bridgehead atoms. The van der Waals surface area contributed by atoms with Crippen molar-refractivity contribution in [1.29, 1.82) is 0 Å². The number of hydrogen-bond acceptors (Lipinski definition) is 2. The molecule has 0 aliphatic rings. The van der Waals surface area contributed by atoms with E-state index in [2.05, 4.69) is 0 Å². The van der Waals surface area contributed by atoms with E-state index in [1.165, 1.54) is 11.8 Å². The number of carbonyl (C=O) groups excluding carboxylic acids is 2. The Morgan fingerprint density at radius 3 is 2.00 bits per heavy atom. The maximum atomic E-state index is 11.2. The molecule has 0 aromatic carbocycles. The molecule has 0 saturated carbocycles. The van der Waals surface area contributed by atoms with Gasteiger partial charge in [-0.1, -0.05) is 0 Å². The van der Waals surface area contributed by atoms with E-state index in [4.69, 9.17) is 0 Å². The van der Waals surface area contributed by atoms with E-state index in [1.54, 1.807) is 19.0 Å². The lowest BCUT2D eigenvalue weighted by molar-refractivity contribution is -0.137. The average Bonchev–Trinajstić information content (AvgIpc) is 2.02. The summed E-state index contributed by atoms with van der Waals surface area (Å²) in [6, 6.07) is 0. The van der Waals surface area contributed by atoms with Gasteiger partial charge in [0.2, 0.25) is 11.8 Å². The fourth-order valence-electron chi connectivity index (χ4n) is 0.611. The molecule has 4 nitrogen and oxygen atoms in total. The van der Waals surface area contributed by atoms with E-state index in [9.17, 15) is 9.59 Å². The van der Waals surface area contributed by atoms with E-state index in [0.717, 1.165) is 0 Å². The molecule has 0 aliphatic heterocycles. The SMILES string of the molecule is CCN(C)C(=O)CN(C)C(C)=O. The van der Waals surface area contributed by atoms with Crippen LogP contribution >= 0.6 is 0 Å². The van der Waals surface area contributed by atoms with Gasteiger partial charge < -0.3 is 9.80 Å².